The highest BCUT2D eigenvalue weighted by Gasteiger charge is 2.45. The van der Waals surface area contributed by atoms with E-state index in [1.54, 1.807) is 0 Å². The number of benzene rings is 1. The minimum Gasteiger partial charge on any atom is -0.502 e. The molecule has 1 aromatic rings. The molecule has 1 aromatic carbocycles. The van der Waals surface area contributed by atoms with Gasteiger partial charge in [-0.3, -0.25) is 4.79 Å². The molecule has 0 unspecified atom stereocenters. The summed E-state index contributed by atoms with van der Waals surface area (Å²) < 4.78 is 26.5. The van der Waals surface area contributed by atoms with Crippen molar-refractivity contribution in [2.75, 3.05) is 27.4 Å². The fourth-order valence-corrected chi connectivity index (χ4v) is 4.19. The van der Waals surface area contributed by atoms with E-state index in [0.717, 1.165) is 6.08 Å². The number of phenols is 1. The van der Waals surface area contributed by atoms with Crippen molar-refractivity contribution in [3.63, 3.8) is 0 Å². The predicted molar refractivity (Wildman–Crippen MR) is 134 cm³/mol. The Kier molecular flexibility index (Phi) is 9.34. The van der Waals surface area contributed by atoms with E-state index in [-0.39, 0.29) is 29.6 Å². The average Bonchev–Trinajstić information content (AvgIpc) is 2.87. The van der Waals surface area contributed by atoms with Crippen molar-refractivity contribution in [1.29, 1.82) is 0 Å². The molecule has 1 heterocycles. The minimum absolute atomic E-state index is 0.0800. The molecule has 2 aliphatic rings. The second-order valence-corrected chi connectivity index (χ2v) is 9.74. The monoisotopic (exact) mass is 534 g/mol. The maximum Gasteiger partial charge on any atom is 0.330 e. The van der Waals surface area contributed by atoms with Gasteiger partial charge in [0.2, 0.25) is 5.75 Å². The van der Waals surface area contributed by atoms with Crippen LogP contribution in [0.5, 0.6) is 17.2 Å². The van der Waals surface area contributed by atoms with Gasteiger partial charge in [-0.15, -0.1) is 0 Å². The summed E-state index contributed by atoms with van der Waals surface area (Å²) in [6, 6.07) is 2.97. The van der Waals surface area contributed by atoms with Gasteiger partial charge in [0.1, 0.15) is 31.0 Å². The van der Waals surface area contributed by atoms with Gasteiger partial charge in [0.05, 0.1) is 20.8 Å². The topological polar surface area (TPSA) is 161 Å². The molecular weight excluding hydrogens is 500 g/mol. The summed E-state index contributed by atoms with van der Waals surface area (Å²) in [4.78, 5) is 24.3. The summed E-state index contributed by atoms with van der Waals surface area (Å²) in [6.07, 6.45) is -3.08. The van der Waals surface area contributed by atoms with Crippen LogP contribution in [0.15, 0.2) is 42.0 Å². The van der Waals surface area contributed by atoms with Crippen LogP contribution in [0.2, 0.25) is 0 Å². The molecule has 3 rings (SSSR count). The first-order valence-electron chi connectivity index (χ1n) is 11.9. The molecule has 38 heavy (non-hydrogen) atoms. The van der Waals surface area contributed by atoms with Gasteiger partial charge in [-0.2, -0.15) is 0 Å². The Morgan fingerprint density at radius 2 is 1.76 bits per heavy atom. The van der Waals surface area contributed by atoms with Crippen molar-refractivity contribution in [2.24, 2.45) is 5.41 Å². The van der Waals surface area contributed by atoms with Crippen molar-refractivity contribution in [2.45, 2.75) is 51.0 Å². The number of phenolic OH excluding ortho intramolecular Hbond substituents is 1. The van der Waals surface area contributed by atoms with Crippen LogP contribution in [-0.2, 0) is 23.8 Å². The molecule has 0 saturated carbocycles. The molecular formula is C27H34O11. The molecule has 0 bridgehead atoms. The second kappa shape index (κ2) is 12.1. The molecule has 1 aliphatic heterocycles. The Labute approximate surface area is 220 Å². The quantitative estimate of drug-likeness (QED) is 0.267. The SMILES string of the molecule is C=C1C(CO[C@@H]2O[C@H](COC(=O)/C=C/c3cc(OC)c(O)c(OC)c3)[C@@H](O)[C@H](O)[C@H]2O)=CC(=O)CC1(C)C. The highest BCUT2D eigenvalue weighted by Crippen LogP contribution is 2.39. The number of carbonyl (C=O) groups is 2. The Balaban J connectivity index is 1.61. The van der Waals surface area contributed by atoms with Crippen molar-refractivity contribution >= 4 is 17.8 Å². The average molecular weight is 535 g/mol. The lowest BCUT2D eigenvalue weighted by atomic mass is 9.73. The number of aromatic hydroxyl groups is 1. The number of ketones is 1. The molecule has 208 valence electrons. The first-order valence-corrected chi connectivity index (χ1v) is 11.9. The zero-order valence-electron chi connectivity index (χ0n) is 21.7. The molecule has 1 fully saturated rings. The molecule has 4 N–H and O–H groups in total. The number of esters is 1. The van der Waals surface area contributed by atoms with E-state index < -0.39 is 48.7 Å². The molecule has 0 radical (unpaired) electrons. The number of methoxy groups -OCH3 is 2. The van der Waals surface area contributed by atoms with E-state index >= 15 is 0 Å². The summed E-state index contributed by atoms with van der Waals surface area (Å²) in [7, 11) is 2.74. The summed E-state index contributed by atoms with van der Waals surface area (Å²) in [5, 5.41) is 41.0. The van der Waals surface area contributed by atoms with E-state index in [4.69, 9.17) is 23.7 Å². The van der Waals surface area contributed by atoms with Gasteiger partial charge < -0.3 is 44.1 Å². The second-order valence-electron chi connectivity index (χ2n) is 9.74. The third kappa shape index (κ3) is 6.61. The zero-order chi connectivity index (χ0) is 28.2. The molecule has 11 heteroatoms. The summed E-state index contributed by atoms with van der Waals surface area (Å²) in [5.41, 5.74) is 1.28. The Morgan fingerprint density at radius 3 is 2.37 bits per heavy atom. The van der Waals surface area contributed by atoms with Crippen LogP contribution in [-0.4, -0.2) is 90.3 Å². The van der Waals surface area contributed by atoms with Crippen molar-refractivity contribution in [3.8, 4) is 17.2 Å². The summed E-state index contributed by atoms with van der Waals surface area (Å²) >= 11 is 0. The fraction of sp³-hybridized carbons (Fsp3) is 0.481. The first kappa shape index (κ1) is 29.3. The van der Waals surface area contributed by atoms with Crippen LogP contribution in [0.3, 0.4) is 0 Å². The maximum atomic E-state index is 12.3. The predicted octanol–water partition coefficient (Wildman–Crippen LogP) is 1.27. The number of carbonyl (C=O) groups excluding carboxylic acids is 2. The number of ether oxygens (including phenoxy) is 5. The number of rotatable bonds is 9. The molecule has 11 nitrogen and oxygen atoms in total. The standard InChI is InChI=1S/C27H34O11/c1-14-16(10-17(28)11-27(14,2)3)12-37-26-25(33)24(32)23(31)20(38-26)13-36-21(29)7-6-15-8-18(34-4)22(30)19(9-15)35-5/h6-10,20,23-26,30-33H,1,11-13H2,2-5H3/b7-6+/t20-,23-,24+,25-,26-/m1/s1. The van der Waals surface area contributed by atoms with Gasteiger partial charge in [-0.05, 0) is 46.4 Å². The highest BCUT2D eigenvalue weighted by atomic mass is 16.7. The minimum atomic E-state index is -1.63. The van der Waals surface area contributed by atoms with Gasteiger partial charge in [0.15, 0.2) is 23.6 Å². The van der Waals surface area contributed by atoms with Crippen LogP contribution in [0, 0.1) is 5.41 Å². The van der Waals surface area contributed by atoms with Crippen LogP contribution in [0.25, 0.3) is 6.08 Å². The highest BCUT2D eigenvalue weighted by molar-refractivity contribution is 5.93. The number of aliphatic hydroxyl groups excluding tert-OH is 3. The zero-order valence-corrected chi connectivity index (χ0v) is 21.7. The van der Waals surface area contributed by atoms with Gasteiger partial charge in [-0.1, -0.05) is 20.4 Å². The lowest BCUT2D eigenvalue weighted by Crippen LogP contribution is -2.59. The van der Waals surface area contributed by atoms with Gasteiger partial charge >= 0.3 is 5.97 Å². The molecule has 0 amide bonds. The Bertz CT molecular complexity index is 1100. The van der Waals surface area contributed by atoms with Gasteiger partial charge in [0, 0.05) is 12.5 Å². The van der Waals surface area contributed by atoms with Crippen molar-refractivity contribution in [3.05, 3.63) is 47.6 Å². The number of hydrogen-bond acceptors (Lipinski definition) is 11. The smallest absolute Gasteiger partial charge is 0.330 e. The van der Waals surface area contributed by atoms with E-state index in [2.05, 4.69) is 6.58 Å². The molecule has 0 spiro atoms. The number of aliphatic hydroxyl groups is 3. The van der Waals surface area contributed by atoms with Crippen LogP contribution >= 0.6 is 0 Å². The lowest BCUT2D eigenvalue weighted by Gasteiger charge is -2.40. The van der Waals surface area contributed by atoms with E-state index in [9.17, 15) is 30.0 Å². The Hall–Kier alpha value is -3.22. The third-order valence-electron chi connectivity index (χ3n) is 6.53. The first-order chi connectivity index (χ1) is 17.9. The number of allylic oxidation sites excluding steroid dienone is 1. The summed E-state index contributed by atoms with van der Waals surface area (Å²) in [6.45, 7) is 7.25. The van der Waals surface area contributed by atoms with Crippen molar-refractivity contribution in [1.82, 2.24) is 0 Å². The molecule has 1 saturated heterocycles. The summed E-state index contributed by atoms with van der Waals surface area (Å²) in [5.74, 6) is -0.752. The van der Waals surface area contributed by atoms with E-state index in [0.29, 0.717) is 23.1 Å². The molecule has 0 aromatic heterocycles. The number of hydrogen-bond donors (Lipinski definition) is 4. The largest absolute Gasteiger partial charge is 0.502 e. The molecule has 5 atom stereocenters. The van der Waals surface area contributed by atoms with Crippen LogP contribution < -0.4 is 9.47 Å². The van der Waals surface area contributed by atoms with E-state index in [1.165, 1.54) is 38.5 Å². The van der Waals surface area contributed by atoms with Crippen LogP contribution in [0.4, 0.5) is 0 Å². The third-order valence-corrected chi connectivity index (χ3v) is 6.53. The van der Waals surface area contributed by atoms with E-state index in [1.807, 2.05) is 13.8 Å². The van der Waals surface area contributed by atoms with Gasteiger partial charge in [-0.25, -0.2) is 4.79 Å². The molecule has 1 aliphatic carbocycles. The van der Waals surface area contributed by atoms with Crippen molar-refractivity contribution < 1.29 is 53.7 Å². The van der Waals surface area contributed by atoms with Gasteiger partial charge in [0.25, 0.3) is 0 Å². The fourth-order valence-electron chi connectivity index (χ4n) is 4.19. The Morgan fingerprint density at radius 1 is 1.13 bits per heavy atom. The maximum absolute atomic E-state index is 12.3. The lowest BCUT2D eigenvalue weighted by molar-refractivity contribution is -0.299. The van der Waals surface area contributed by atoms with Crippen LogP contribution in [0.1, 0.15) is 25.8 Å². The normalized spacial score (nSPS) is 27.2.